The fourth-order valence-corrected chi connectivity index (χ4v) is 4.27. The molecule has 1 heterocycles. The molecule has 0 spiro atoms. The zero-order valence-electron chi connectivity index (χ0n) is 14.1. The number of quaternary nitrogens is 2. The maximum absolute atomic E-state index is 2.45. The van der Waals surface area contributed by atoms with Gasteiger partial charge in [-0.3, -0.25) is 0 Å². The summed E-state index contributed by atoms with van der Waals surface area (Å²) in [5, 5.41) is 0. The van der Waals surface area contributed by atoms with Crippen molar-refractivity contribution < 1.29 is 9.80 Å². The number of hydrogen-bond donors (Lipinski definition) is 2. The molecule has 0 unspecified atom stereocenters. The molecule has 2 N–H and O–H groups in total. The molecule has 1 aliphatic carbocycles. The van der Waals surface area contributed by atoms with E-state index in [4.69, 9.17) is 0 Å². The lowest BCUT2D eigenvalue weighted by Crippen LogP contribution is -3.29. The molecule has 3 rings (SSSR count). The Balaban J connectivity index is 1.41. The molecule has 2 nitrogen and oxygen atoms in total. The number of nitrogens with one attached hydrogen (secondary N) is 2. The van der Waals surface area contributed by atoms with Crippen molar-refractivity contribution in [2.45, 2.75) is 38.6 Å². The van der Waals surface area contributed by atoms with E-state index in [1.54, 1.807) is 4.90 Å². The number of piperazine rings is 1. The van der Waals surface area contributed by atoms with Gasteiger partial charge in [0.25, 0.3) is 0 Å². The summed E-state index contributed by atoms with van der Waals surface area (Å²) < 4.78 is 0. The molecular weight excluding hydrogens is 268 g/mol. The lowest BCUT2D eigenvalue weighted by molar-refractivity contribution is -1.02. The minimum Gasteiger partial charge on any atom is -0.323 e. The van der Waals surface area contributed by atoms with Crippen LogP contribution in [-0.4, -0.2) is 38.8 Å². The Hall–Kier alpha value is -1.12. The van der Waals surface area contributed by atoms with Crippen molar-refractivity contribution in [3.8, 4) is 0 Å². The van der Waals surface area contributed by atoms with E-state index in [9.17, 15) is 0 Å². The van der Waals surface area contributed by atoms with Crippen LogP contribution < -0.4 is 9.80 Å². The lowest BCUT2D eigenvalue weighted by Gasteiger charge is -2.37. The second kappa shape index (κ2) is 7.94. The first-order valence-corrected chi connectivity index (χ1v) is 9.21. The number of benzene rings is 1. The molecule has 1 aromatic carbocycles. The Morgan fingerprint density at radius 3 is 2.55 bits per heavy atom. The quantitative estimate of drug-likeness (QED) is 0.823. The molecule has 2 atom stereocenters. The van der Waals surface area contributed by atoms with E-state index in [0.717, 1.165) is 12.0 Å². The third-order valence-electron chi connectivity index (χ3n) is 5.63. The van der Waals surface area contributed by atoms with Crippen LogP contribution in [0.15, 0.2) is 36.4 Å². The Labute approximate surface area is 135 Å². The van der Waals surface area contributed by atoms with Gasteiger partial charge in [-0.1, -0.05) is 49.8 Å². The molecule has 0 aromatic heterocycles. The molecule has 1 aromatic rings. The molecule has 0 radical (unpaired) electrons. The molecule has 22 heavy (non-hydrogen) atoms. The van der Waals surface area contributed by atoms with Crippen molar-refractivity contribution in [2.75, 3.05) is 32.7 Å². The summed E-state index contributed by atoms with van der Waals surface area (Å²) in [6.45, 7) is 9.08. The normalized spacial score (nSPS) is 33.1. The van der Waals surface area contributed by atoms with Crippen LogP contribution in [0.2, 0.25) is 0 Å². The highest BCUT2D eigenvalue weighted by Crippen LogP contribution is 2.21. The van der Waals surface area contributed by atoms with Crippen molar-refractivity contribution >= 4 is 6.08 Å². The smallest absolute Gasteiger partial charge is 0.127 e. The van der Waals surface area contributed by atoms with Crippen LogP contribution in [0.3, 0.4) is 0 Å². The topological polar surface area (TPSA) is 8.88 Å². The molecule has 0 bridgehead atoms. The second-order valence-electron chi connectivity index (χ2n) is 7.39. The standard InChI is InChI=1S/C20H30N2/c1-18-7-5-11-20(17-18)22-15-13-21(14-16-22)12-6-10-19-8-3-2-4-9-19/h2-4,6,8-10,18,20H,5,7,11-17H2,1H3/p+2/t18-,20-/m0/s1. The second-order valence-corrected chi connectivity index (χ2v) is 7.39. The Morgan fingerprint density at radius 1 is 1.05 bits per heavy atom. The summed E-state index contributed by atoms with van der Waals surface area (Å²) in [4.78, 5) is 3.67. The van der Waals surface area contributed by atoms with Gasteiger partial charge in [0.2, 0.25) is 0 Å². The minimum atomic E-state index is 0.963. The summed E-state index contributed by atoms with van der Waals surface area (Å²) in [5.74, 6) is 0.963. The summed E-state index contributed by atoms with van der Waals surface area (Å²) >= 11 is 0. The molecule has 2 fully saturated rings. The van der Waals surface area contributed by atoms with Gasteiger partial charge in [-0.15, -0.1) is 0 Å². The van der Waals surface area contributed by atoms with Gasteiger partial charge in [0.15, 0.2) is 0 Å². The highest BCUT2D eigenvalue weighted by Gasteiger charge is 2.31. The molecule has 1 aliphatic heterocycles. The molecule has 0 amide bonds. The summed E-state index contributed by atoms with van der Waals surface area (Å²) in [6.07, 6.45) is 10.5. The van der Waals surface area contributed by atoms with Gasteiger partial charge >= 0.3 is 0 Å². The van der Waals surface area contributed by atoms with E-state index < -0.39 is 0 Å². The van der Waals surface area contributed by atoms with Crippen LogP contribution in [0.5, 0.6) is 0 Å². The van der Waals surface area contributed by atoms with Crippen molar-refractivity contribution in [3.63, 3.8) is 0 Å². The number of hydrogen-bond acceptors (Lipinski definition) is 0. The first-order chi connectivity index (χ1) is 10.8. The SMILES string of the molecule is C[C@H]1CCC[C@H]([NH+]2CC[NH+](CC=Cc3ccccc3)CC2)C1. The van der Waals surface area contributed by atoms with Crippen molar-refractivity contribution in [2.24, 2.45) is 5.92 Å². The number of rotatable bonds is 4. The van der Waals surface area contributed by atoms with Gasteiger partial charge in [0.1, 0.15) is 26.2 Å². The van der Waals surface area contributed by atoms with E-state index in [1.807, 2.05) is 4.90 Å². The zero-order chi connectivity index (χ0) is 15.2. The molecule has 1 saturated carbocycles. The van der Waals surface area contributed by atoms with E-state index in [1.165, 1.54) is 64.0 Å². The maximum atomic E-state index is 2.45. The first kappa shape index (κ1) is 15.8. The fraction of sp³-hybridized carbons (Fsp3) is 0.600. The average Bonchev–Trinajstić information content (AvgIpc) is 2.56. The van der Waals surface area contributed by atoms with Crippen LogP contribution >= 0.6 is 0 Å². The maximum Gasteiger partial charge on any atom is 0.127 e. The van der Waals surface area contributed by atoms with Crippen molar-refractivity contribution in [1.29, 1.82) is 0 Å². The fourth-order valence-electron chi connectivity index (χ4n) is 4.27. The summed E-state index contributed by atoms with van der Waals surface area (Å²) in [7, 11) is 0. The molecule has 2 heteroatoms. The Bertz CT molecular complexity index is 460. The van der Waals surface area contributed by atoms with E-state index in [2.05, 4.69) is 49.4 Å². The predicted octanol–water partition coefficient (Wildman–Crippen LogP) is 1.06. The third-order valence-corrected chi connectivity index (χ3v) is 5.63. The highest BCUT2D eigenvalue weighted by atomic mass is 15.3. The van der Waals surface area contributed by atoms with Gasteiger partial charge in [-0.2, -0.15) is 0 Å². The van der Waals surface area contributed by atoms with Gasteiger partial charge < -0.3 is 9.80 Å². The molecular formula is C20H32N2+2. The minimum absolute atomic E-state index is 0.963. The van der Waals surface area contributed by atoms with Gasteiger partial charge in [-0.05, 0) is 30.4 Å². The lowest BCUT2D eigenvalue weighted by atomic mass is 9.86. The summed E-state index contributed by atoms with van der Waals surface area (Å²) in [6, 6.07) is 11.6. The van der Waals surface area contributed by atoms with Crippen molar-refractivity contribution in [3.05, 3.63) is 42.0 Å². The molecule has 120 valence electrons. The monoisotopic (exact) mass is 300 g/mol. The van der Waals surface area contributed by atoms with Crippen LogP contribution in [0.4, 0.5) is 0 Å². The van der Waals surface area contributed by atoms with Crippen LogP contribution in [0, 0.1) is 5.92 Å². The van der Waals surface area contributed by atoms with E-state index >= 15 is 0 Å². The average molecular weight is 300 g/mol. The zero-order valence-corrected chi connectivity index (χ0v) is 14.1. The summed E-state index contributed by atoms with van der Waals surface area (Å²) in [5.41, 5.74) is 1.32. The first-order valence-electron chi connectivity index (χ1n) is 9.21. The Morgan fingerprint density at radius 2 is 1.82 bits per heavy atom. The van der Waals surface area contributed by atoms with Crippen molar-refractivity contribution in [1.82, 2.24) is 0 Å². The molecule has 2 aliphatic rings. The third kappa shape index (κ3) is 4.44. The van der Waals surface area contributed by atoms with Crippen LogP contribution in [0.25, 0.3) is 6.08 Å². The predicted molar refractivity (Wildman–Crippen MR) is 93.2 cm³/mol. The van der Waals surface area contributed by atoms with Gasteiger partial charge in [0.05, 0.1) is 12.6 Å². The highest BCUT2D eigenvalue weighted by molar-refractivity contribution is 5.48. The molecule has 1 saturated heterocycles. The largest absolute Gasteiger partial charge is 0.323 e. The van der Waals surface area contributed by atoms with Crippen LogP contribution in [0.1, 0.15) is 38.2 Å². The van der Waals surface area contributed by atoms with Gasteiger partial charge in [0, 0.05) is 6.42 Å². The van der Waals surface area contributed by atoms with Crippen LogP contribution in [-0.2, 0) is 0 Å². The van der Waals surface area contributed by atoms with E-state index in [0.29, 0.717) is 0 Å². The van der Waals surface area contributed by atoms with E-state index in [-0.39, 0.29) is 0 Å². The van der Waals surface area contributed by atoms with Gasteiger partial charge in [-0.25, -0.2) is 0 Å². The Kier molecular flexibility index (Phi) is 5.69.